The second-order valence-corrected chi connectivity index (χ2v) is 6.97. The molecule has 7 nitrogen and oxygen atoms in total. The fourth-order valence-electron chi connectivity index (χ4n) is 2.01. The van der Waals surface area contributed by atoms with Gasteiger partial charge in [0.05, 0.1) is 17.9 Å². The molecule has 0 fully saturated rings. The zero-order valence-corrected chi connectivity index (χ0v) is 15.8. The topological polar surface area (TPSA) is 94.6 Å². The van der Waals surface area contributed by atoms with Crippen LogP contribution in [0.4, 0.5) is 5.13 Å². The smallest absolute Gasteiger partial charge is 0.350 e. The lowest BCUT2D eigenvalue weighted by atomic mass is 10.2. The van der Waals surface area contributed by atoms with Gasteiger partial charge in [-0.15, -0.1) is 0 Å². The van der Waals surface area contributed by atoms with Gasteiger partial charge in [0.1, 0.15) is 10.6 Å². The molecule has 0 unspecified atom stereocenters. The van der Waals surface area contributed by atoms with Crippen molar-refractivity contribution in [2.45, 2.75) is 27.7 Å². The van der Waals surface area contributed by atoms with Crippen LogP contribution in [-0.4, -0.2) is 29.4 Å². The Morgan fingerprint density at radius 1 is 1.23 bits per heavy atom. The highest BCUT2D eigenvalue weighted by molar-refractivity contribution is 7.17. The molecule has 0 radical (unpaired) electrons. The second-order valence-electron chi connectivity index (χ2n) is 5.97. The van der Waals surface area contributed by atoms with Gasteiger partial charge in [-0.05, 0) is 25.0 Å². The molecular formula is C18H20N2O5S. The lowest BCUT2D eigenvalue weighted by molar-refractivity contribution is -0.131. The Kier molecular flexibility index (Phi) is 6.46. The number of ether oxygens (including phenoxy) is 2. The number of aromatic nitrogens is 1. The molecule has 2 rings (SSSR count). The summed E-state index contributed by atoms with van der Waals surface area (Å²) in [5.74, 6) is -1.09. The molecule has 8 heteroatoms. The van der Waals surface area contributed by atoms with Crippen molar-refractivity contribution in [2.24, 2.45) is 5.92 Å². The highest BCUT2D eigenvalue weighted by Gasteiger charge is 2.20. The first-order chi connectivity index (χ1) is 12.3. The quantitative estimate of drug-likeness (QED) is 0.613. The van der Waals surface area contributed by atoms with Crippen LogP contribution in [0.5, 0.6) is 5.75 Å². The van der Waals surface area contributed by atoms with Crippen LogP contribution in [0.3, 0.4) is 0 Å². The van der Waals surface area contributed by atoms with E-state index in [1.54, 1.807) is 19.1 Å². The number of esters is 2. The Morgan fingerprint density at radius 2 is 1.92 bits per heavy atom. The monoisotopic (exact) mass is 376 g/mol. The van der Waals surface area contributed by atoms with Crippen molar-refractivity contribution >= 4 is 34.3 Å². The fraction of sp³-hybridized carbons (Fsp3) is 0.333. The largest absolute Gasteiger partial charge is 0.461 e. The van der Waals surface area contributed by atoms with E-state index in [0.717, 1.165) is 11.3 Å². The predicted octanol–water partition coefficient (Wildman–Crippen LogP) is 3.44. The summed E-state index contributed by atoms with van der Waals surface area (Å²) >= 11 is 1.04. The standard InChI is InChI=1S/C18H20N2O5S/c1-10(2)9-24-17(23)15-11(3)19-18(26-15)20-16(22)13-7-5-6-8-14(13)25-12(4)21/h5-8,10H,9H2,1-4H3,(H,19,20,22). The molecule has 0 spiro atoms. The van der Waals surface area contributed by atoms with Gasteiger partial charge in [0.25, 0.3) is 5.91 Å². The summed E-state index contributed by atoms with van der Waals surface area (Å²) in [6.07, 6.45) is 0. The normalized spacial score (nSPS) is 10.5. The molecule has 0 aliphatic rings. The first kappa shape index (κ1) is 19.6. The summed E-state index contributed by atoms with van der Waals surface area (Å²) in [4.78, 5) is 40.3. The number of para-hydroxylation sites is 1. The van der Waals surface area contributed by atoms with Crippen LogP contribution in [0.2, 0.25) is 0 Å². The average Bonchev–Trinajstić information content (AvgIpc) is 2.92. The van der Waals surface area contributed by atoms with Crippen molar-refractivity contribution in [3.63, 3.8) is 0 Å². The van der Waals surface area contributed by atoms with Gasteiger partial charge in [0.15, 0.2) is 5.13 Å². The maximum absolute atomic E-state index is 12.5. The van der Waals surface area contributed by atoms with Gasteiger partial charge in [-0.1, -0.05) is 37.3 Å². The number of carbonyl (C=O) groups is 3. The van der Waals surface area contributed by atoms with Crippen molar-refractivity contribution in [1.29, 1.82) is 0 Å². The number of rotatable bonds is 6. The molecule has 1 heterocycles. The highest BCUT2D eigenvalue weighted by Crippen LogP contribution is 2.25. The molecule has 0 aliphatic heterocycles. The number of aryl methyl sites for hydroxylation is 1. The number of hydrogen-bond donors (Lipinski definition) is 1. The zero-order valence-electron chi connectivity index (χ0n) is 15.0. The summed E-state index contributed by atoms with van der Waals surface area (Å²) < 4.78 is 10.2. The molecule has 1 amide bonds. The summed E-state index contributed by atoms with van der Waals surface area (Å²) in [5.41, 5.74) is 0.673. The number of nitrogens with zero attached hydrogens (tertiary/aromatic N) is 1. The van der Waals surface area contributed by atoms with Gasteiger partial charge in [-0.2, -0.15) is 0 Å². The van der Waals surface area contributed by atoms with Gasteiger partial charge >= 0.3 is 11.9 Å². The van der Waals surface area contributed by atoms with Gasteiger partial charge in [-0.25, -0.2) is 9.78 Å². The highest BCUT2D eigenvalue weighted by atomic mass is 32.1. The maximum Gasteiger partial charge on any atom is 0.350 e. The second kappa shape index (κ2) is 8.57. The molecule has 0 aliphatic carbocycles. The lowest BCUT2D eigenvalue weighted by Crippen LogP contribution is -2.14. The minimum atomic E-state index is -0.523. The Balaban J connectivity index is 2.14. The van der Waals surface area contributed by atoms with E-state index in [1.165, 1.54) is 19.1 Å². The van der Waals surface area contributed by atoms with E-state index >= 15 is 0 Å². The van der Waals surface area contributed by atoms with Gasteiger partial charge in [0, 0.05) is 6.92 Å². The Bertz CT molecular complexity index is 829. The van der Waals surface area contributed by atoms with Crippen LogP contribution in [0.25, 0.3) is 0 Å². The first-order valence-corrected chi connectivity index (χ1v) is 8.83. The lowest BCUT2D eigenvalue weighted by Gasteiger charge is -2.07. The number of hydrogen-bond acceptors (Lipinski definition) is 7. The molecule has 26 heavy (non-hydrogen) atoms. The molecule has 1 aromatic carbocycles. The van der Waals surface area contributed by atoms with Crippen LogP contribution in [0.15, 0.2) is 24.3 Å². The molecule has 2 aromatic rings. The van der Waals surface area contributed by atoms with Crippen LogP contribution in [0, 0.1) is 12.8 Å². The Morgan fingerprint density at radius 3 is 2.58 bits per heavy atom. The Hall–Kier alpha value is -2.74. The molecular weight excluding hydrogens is 356 g/mol. The number of anilines is 1. The van der Waals surface area contributed by atoms with Crippen LogP contribution in [-0.2, 0) is 9.53 Å². The number of nitrogens with one attached hydrogen (secondary N) is 1. The maximum atomic E-state index is 12.5. The van der Waals surface area contributed by atoms with Crippen molar-refractivity contribution in [1.82, 2.24) is 4.98 Å². The van der Waals surface area contributed by atoms with E-state index in [1.807, 2.05) is 13.8 Å². The first-order valence-electron chi connectivity index (χ1n) is 8.01. The molecule has 1 aromatic heterocycles. The summed E-state index contributed by atoms with van der Waals surface area (Å²) in [6.45, 7) is 7.13. The van der Waals surface area contributed by atoms with Crippen molar-refractivity contribution in [2.75, 3.05) is 11.9 Å². The predicted molar refractivity (Wildman–Crippen MR) is 97.7 cm³/mol. The molecule has 0 atom stereocenters. The van der Waals surface area contributed by atoms with Gasteiger partial charge in [-0.3, -0.25) is 14.9 Å². The third kappa shape index (κ3) is 5.13. The summed E-state index contributed by atoms with van der Waals surface area (Å²) in [6, 6.07) is 6.37. The molecule has 0 bridgehead atoms. The summed E-state index contributed by atoms with van der Waals surface area (Å²) in [7, 11) is 0. The van der Waals surface area contributed by atoms with E-state index < -0.39 is 17.8 Å². The fourth-order valence-corrected chi connectivity index (χ4v) is 2.86. The van der Waals surface area contributed by atoms with Crippen molar-refractivity contribution in [3.8, 4) is 5.75 Å². The third-order valence-electron chi connectivity index (χ3n) is 3.14. The number of thiazole rings is 1. The van der Waals surface area contributed by atoms with Crippen LogP contribution in [0.1, 0.15) is 46.5 Å². The average molecular weight is 376 g/mol. The number of benzene rings is 1. The molecule has 0 saturated heterocycles. The van der Waals surface area contributed by atoms with E-state index in [4.69, 9.17) is 9.47 Å². The molecule has 138 valence electrons. The number of amides is 1. The van der Waals surface area contributed by atoms with Crippen LogP contribution >= 0.6 is 11.3 Å². The van der Waals surface area contributed by atoms with Gasteiger partial charge in [0.2, 0.25) is 0 Å². The number of carbonyl (C=O) groups excluding carboxylic acids is 3. The SMILES string of the molecule is CC(=O)Oc1ccccc1C(=O)Nc1nc(C)c(C(=O)OCC(C)C)s1. The third-order valence-corrected chi connectivity index (χ3v) is 4.19. The van der Waals surface area contributed by atoms with Crippen molar-refractivity contribution in [3.05, 3.63) is 40.4 Å². The zero-order chi connectivity index (χ0) is 19.3. The van der Waals surface area contributed by atoms with E-state index in [9.17, 15) is 14.4 Å². The molecule has 1 N–H and O–H groups in total. The van der Waals surface area contributed by atoms with E-state index in [0.29, 0.717) is 17.2 Å². The molecule has 0 saturated carbocycles. The van der Waals surface area contributed by atoms with E-state index in [-0.39, 0.29) is 22.4 Å². The van der Waals surface area contributed by atoms with Crippen molar-refractivity contribution < 1.29 is 23.9 Å². The summed E-state index contributed by atoms with van der Waals surface area (Å²) in [5, 5.41) is 2.89. The van der Waals surface area contributed by atoms with Gasteiger partial charge < -0.3 is 9.47 Å². The minimum Gasteiger partial charge on any atom is -0.461 e. The van der Waals surface area contributed by atoms with Crippen LogP contribution < -0.4 is 10.1 Å². The Labute approximate surface area is 155 Å². The van der Waals surface area contributed by atoms with E-state index in [2.05, 4.69) is 10.3 Å². The minimum absolute atomic E-state index is 0.155.